The summed E-state index contributed by atoms with van der Waals surface area (Å²) in [6.45, 7) is 0. The second-order valence-corrected chi connectivity index (χ2v) is 14.4. The smallest absolute Gasteiger partial charge is 0.235 e. The molecule has 11 aromatic rings. The van der Waals surface area contributed by atoms with Gasteiger partial charge in [-0.25, -0.2) is 9.97 Å². The maximum absolute atomic E-state index is 5.46. The van der Waals surface area contributed by atoms with Crippen LogP contribution in [-0.2, 0) is 0 Å². The first kappa shape index (κ1) is 25.6. The monoisotopic (exact) mass is 633 g/mol. The van der Waals surface area contributed by atoms with E-state index < -0.39 is 0 Å². The third kappa shape index (κ3) is 3.45. The van der Waals surface area contributed by atoms with Gasteiger partial charge in [0.1, 0.15) is 0 Å². The van der Waals surface area contributed by atoms with Gasteiger partial charge in [-0.15, -0.1) is 22.7 Å². The lowest BCUT2D eigenvalue weighted by Crippen LogP contribution is -2.04. The van der Waals surface area contributed by atoms with E-state index in [2.05, 4.69) is 144 Å². The second kappa shape index (κ2) is 9.46. The molecule has 3 nitrogen and oxygen atoms in total. The quantitative estimate of drug-likeness (QED) is 0.177. The fourth-order valence-electron chi connectivity index (χ4n) is 7.66. The molecule has 4 aromatic heterocycles. The number of benzene rings is 7. The molecule has 0 radical (unpaired) electrons. The lowest BCUT2D eigenvalue weighted by Gasteiger charge is -2.13. The van der Waals surface area contributed by atoms with Crippen LogP contribution in [0, 0.1) is 0 Å². The molecule has 0 saturated heterocycles. The van der Waals surface area contributed by atoms with Crippen LogP contribution in [0.1, 0.15) is 0 Å². The van der Waals surface area contributed by atoms with E-state index in [1.807, 2.05) is 22.7 Å². The average molecular weight is 634 g/mol. The van der Waals surface area contributed by atoms with Crippen LogP contribution in [0.25, 0.3) is 101 Å². The molecule has 0 aliphatic carbocycles. The third-order valence-electron chi connectivity index (χ3n) is 9.62. The molecule has 0 saturated carbocycles. The summed E-state index contributed by atoms with van der Waals surface area (Å²) < 4.78 is 6.34. The Morgan fingerprint density at radius 2 is 1.06 bits per heavy atom. The Morgan fingerprint density at radius 3 is 1.89 bits per heavy atom. The standard InChI is InChI=1S/C42H23N3S2/c1-2-12-24(13-3-1)37-29-18-8-10-20-33(29)43-42(44-37)45-38-28-17-7-5-15-26(28)25-14-4-6-16-27(25)35(38)31-22-23-32-36-30-19-9-11-21-34(30)46-41(36)47-40(32)39(31)45/h1-23H. The van der Waals surface area contributed by atoms with Gasteiger partial charge in [-0.05, 0) is 28.3 Å². The first-order valence-electron chi connectivity index (χ1n) is 15.8. The highest BCUT2D eigenvalue weighted by Crippen LogP contribution is 2.50. The summed E-state index contributed by atoms with van der Waals surface area (Å²) in [7, 11) is 0. The van der Waals surface area contributed by atoms with E-state index in [9.17, 15) is 0 Å². The van der Waals surface area contributed by atoms with Crippen LogP contribution < -0.4 is 0 Å². The van der Waals surface area contributed by atoms with Gasteiger partial charge in [-0.2, -0.15) is 0 Å². The van der Waals surface area contributed by atoms with E-state index in [0.29, 0.717) is 5.95 Å². The van der Waals surface area contributed by atoms with Crippen molar-refractivity contribution >= 4 is 106 Å². The van der Waals surface area contributed by atoms with Gasteiger partial charge < -0.3 is 0 Å². The fourth-order valence-corrected chi connectivity index (χ4v) is 10.4. The fraction of sp³-hybridized carbons (Fsp3) is 0. The second-order valence-electron chi connectivity index (χ2n) is 12.1. The summed E-state index contributed by atoms with van der Waals surface area (Å²) in [5.74, 6) is 0.692. The Kier molecular flexibility index (Phi) is 5.14. The molecule has 5 heteroatoms. The minimum Gasteiger partial charge on any atom is -0.276 e. The molecule has 7 aromatic carbocycles. The normalized spacial score (nSPS) is 12.3. The molecule has 0 aliphatic heterocycles. The number of aromatic nitrogens is 3. The summed E-state index contributed by atoms with van der Waals surface area (Å²) in [5, 5.41) is 12.4. The molecule has 11 rings (SSSR count). The first-order chi connectivity index (χ1) is 23.3. The Labute approximate surface area is 276 Å². The minimum absolute atomic E-state index is 0.692. The van der Waals surface area contributed by atoms with Crippen molar-refractivity contribution in [2.24, 2.45) is 0 Å². The Bertz CT molecular complexity index is 3070. The van der Waals surface area contributed by atoms with E-state index in [1.165, 1.54) is 67.4 Å². The van der Waals surface area contributed by atoms with Crippen LogP contribution in [0.15, 0.2) is 140 Å². The van der Waals surface area contributed by atoms with Gasteiger partial charge in [0.25, 0.3) is 0 Å². The highest BCUT2D eigenvalue weighted by molar-refractivity contribution is 7.45. The molecule has 0 aliphatic rings. The van der Waals surface area contributed by atoms with Gasteiger partial charge >= 0.3 is 0 Å². The van der Waals surface area contributed by atoms with Crippen LogP contribution in [0.2, 0.25) is 0 Å². The van der Waals surface area contributed by atoms with Crippen molar-refractivity contribution in [3.8, 4) is 17.2 Å². The molecule has 0 N–H and O–H groups in total. The average Bonchev–Trinajstić information content (AvgIpc) is 3.80. The lowest BCUT2D eigenvalue weighted by atomic mass is 9.96. The molecule has 4 heterocycles. The van der Waals surface area contributed by atoms with Gasteiger partial charge in [0, 0.05) is 48.0 Å². The zero-order chi connectivity index (χ0) is 30.6. The van der Waals surface area contributed by atoms with E-state index in [0.717, 1.165) is 27.7 Å². The zero-order valence-corrected chi connectivity index (χ0v) is 26.6. The SMILES string of the molecule is c1ccc(-c2nc(-n3c4c(ccc5c4sc4sc6ccccc6c45)c4c5ccccc5c5ccccc5c43)nc3ccccc23)cc1. The zero-order valence-electron chi connectivity index (χ0n) is 24.9. The Hall–Kier alpha value is -5.62. The molecule has 218 valence electrons. The van der Waals surface area contributed by atoms with E-state index in [1.54, 1.807) is 0 Å². The molecular weight excluding hydrogens is 611 g/mol. The number of rotatable bonds is 2. The van der Waals surface area contributed by atoms with Crippen molar-refractivity contribution in [1.29, 1.82) is 0 Å². The van der Waals surface area contributed by atoms with E-state index in [4.69, 9.17) is 9.97 Å². The van der Waals surface area contributed by atoms with Crippen molar-refractivity contribution in [3.63, 3.8) is 0 Å². The van der Waals surface area contributed by atoms with E-state index >= 15 is 0 Å². The molecular formula is C42H23N3S2. The molecule has 0 fully saturated rings. The largest absolute Gasteiger partial charge is 0.276 e. The summed E-state index contributed by atoms with van der Waals surface area (Å²) in [6.07, 6.45) is 0. The highest BCUT2D eigenvalue weighted by atomic mass is 32.2. The van der Waals surface area contributed by atoms with Gasteiger partial charge in [-0.3, -0.25) is 4.57 Å². The third-order valence-corrected chi connectivity index (χ3v) is 12.1. The number of nitrogens with zero attached hydrogens (tertiary/aromatic N) is 3. The van der Waals surface area contributed by atoms with Crippen molar-refractivity contribution in [3.05, 3.63) is 140 Å². The van der Waals surface area contributed by atoms with Crippen LogP contribution in [0.4, 0.5) is 0 Å². The first-order valence-corrected chi connectivity index (χ1v) is 17.4. The Balaban J connectivity index is 1.41. The van der Waals surface area contributed by atoms with Gasteiger partial charge in [0.05, 0.1) is 31.0 Å². The van der Waals surface area contributed by atoms with Crippen molar-refractivity contribution in [2.45, 2.75) is 0 Å². The van der Waals surface area contributed by atoms with Crippen molar-refractivity contribution < 1.29 is 0 Å². The van der Waals surface area contributed by atoms with Crippen LogP contribution in [0.5, 0.6) is 0 Å². The topological polar surface area (TPSA) is 30.7 Å². The molecule has 0 amide bonds. The number of para-hydroxylation sites is 1. The predicted octanol–water partition coefficient (Wildman–Crippen LogP) is 12.3. The van der Waals surface area contributed by atoms with E-state index in [-0.39, 0.29) is 0 Å². The molecule has 0 spiro atoms. The maximum Gasteiger partial charge on any atom is 0.235 e. The summed E-state index contributed by atoms with van der Waals surface area (Å²) in [5.41, 5.74) is 5.28. The number of hydrogen-bond donors (Lipinski definition) is 0. The molecule has 0 bridgehead atoms. The molecule has 0 atom stereocenters. The van der Waals surface area contributed by atoms with Gasteiger partial charge in [0.15, 0.2) is 0 Å². The van der Waals surface area contributed by atoms with Crippen LogP contribution in [-0.4, -0.2) is 14.5 Å². The predicted molar refractivity (Wildman–Crippen MR) is 203 cm³/mol. The number of fused-ring (bicyclic) bond motifs is 15. The number of hydrogen-bond acceptors (Lipinski definition) is 4. The summed E-state index contributed by atoms with van der Waals surface area (Å²) in [4.78, 5) is 10.8. The van der Waals surface area contributed by atoms with Crippen molar-refractivity contribution in [1.82, 2.24) is 14.5 Å². The minimum atomic E-state index is 0.692. The van der Waals surface area contributed by atoms with Gasteiger partial charge in [0.2, 0.25) is 5.95 Å². The molecule has 47 heavy (non-hydrogen) atoms. The summed E-state index contributed by atoms with van der Waals surface area (Å²) in [6, 6.07) is 50.0. The number of thiophene rings is 2. The van der Waals surface area contributed by atoms with Crippen LogP contribution in [0.3, 0.4) is 0 Å². The van der Waals surface area contributed by atoms with Gasteiger partial charge in [-0.1, -0.05) is 127 Å². The highest BCUT2D eigenvalue weighted by Gasteiger charge is 2.25. The maximum atomic E-state index is 5.46. The van der Waals surface area contributed by atoms with Crippen molar-refractivity contribution in [2.75, 3.05) is 0 Å². The lowest BCUT2D eigenvalue weighted by molar-refractivity contribution is 1.02. The summed E-state index contributed by atoms with van der Waals surface area (Å²) >= 11 is 3.79. The van der Waals surface area contributed by atoms with Crippen LogP contribution >= 0.6 is 22.7 Å². The molecule has 0 unspecified atom stereocenters. The Morgan fingerprint density at radius 1 is 0.426 bits per heavy atom.